The number of nitro benzene ring substituents is 1. The van der Waals surface area contributed by atoms with Gasteiger partial charge in [0.05, 0.1) is 30.3 Å². The first-order valence-electron chi connectivity index (χ1n) is 5.83. The zero-order valence-electron chi connectivity index (χ0n) is 10.7. The van der Waals surface area contributed by atoms with Gasteiger partial charge in [-0.05, 0) is 12.1 Å². The fourth-order valence-electron chi connectivity index (χ4n) is 1.60. The predicted octanol–water partition coefficient (Wildman–Crippen LogP) is -0.111. The summed E-state index contributed by atoms with van der Waals surface area (Å²) < 4.78 is 14.2. The average molecular weight is 294 g/mol. The molecule has 2 aromatic rings. The molecule has 0 fully saturated rings. The van der Waals surface area contributed by atoms with E-state index < -0.39 is 16.4 Å². The second-order valence-electron chi connectivity index (χ2n) is 4.03. The minimum Gasteiger partial charge on any atom is -0.349 e. The highest BCUT2D eigenvalue weighted by molar-refractivity contribution is 5.77. The van der Waals surface area contributed by atoms with Crippen molar-refractivity contribution in [2.24, 2.45) is 5.73 Å². The van der Waals surface area contributed by atoms with E-state index in [2.05, 4.69) is 15.6 Å². The SMILES string of the molecule is NCC(=O)NCc1cn(-c2ccc(F)cc2[N+](=O)[O-])nn1. The second kappa shape index (κ2) is 6.05. The van der Waals surface area contributed by atoms with Gasteiger partial charge in [0.2, 0.25) is 5.91 Å². The van der Waals surface area contributed by atoms with Gasteiger partial charge in [0.1, 0.15) is 17.2 Å². The van der Waals surface area contributed by atoms with E-state index in [1.54, 1.807) is 0 Å². The summed E-state index contributed by atoms with van der Waals surface area (Å²) in [6, 6.07) is 3.11. The number of amides is 1. The van der Waals surface area contributed by atoms with Crippen molar-refractivity contribution in [1.29, 1.82) is 0 Å². The van der Waals surface area contributed by atoms with Crippen LogP contribution in [0.2, 0.25) is 0 Å². The minimum absolute atomic E-state index is 0.0744. The lowest BCUT2D eigenvalue weighted by molar-refractivity contribution is -0.384. The molecule has 0 aliphatic rings. The van der Waals surface area contributed by atoms with Gasteiger partial charge < -0.3 is 11.1 Å². The maximum absolute atomic E-state index is 13.1. The number of nitrogens with one attached hydrogen (secondary N) is 1. The fourth-order valence-corrected chi connectivity index (χ4v) is 1.60. The van der Waals surface area contributed by atoms with Crippen LogP contribution >= 0.6 is 0 Å². The van der Waals surface area contributed by atoms with Crippen LogP contribution in [-0.4, -0.2) is 32.4 Å². The highest BCUT2D eigenvalue weighted by atomic mass is 19.1. The van der Waals surface area contributed by atoms with E-state index in [4.69, 9.17) is 5.73 Å². The molecule has 1 aromatic heterocycles. The van der Waals surface area contributed by atoms with E-state index in [9.17, 15) is 19.3 Å². The average Bonchev–Trinajstić information content (AvgIpc) is 2.93. The molecule has 1 heterocycles. The smallest absolute Gasteiger partial charge is 0.297 e. The van der Waals surface area contributed by atoms with Gasteiger partial charge in [-0.2, -0.15) is 0 Å². The Morgan fingerprint density at radius 1 is 1.52 bits per heavy atom. The van der Waals surface area contributed by atoms with Crippen molar-refractivity contribution in [1.82, 2.24) is 20.3 Å². The van der Waals surface area contributed by atoms with Crippen LogP contribution in [0.4, 0.5) is 10.1 Å². The van der Waals surface area contributed by atoms with Gasteiger partial charge in [0.15, 0.2) is 0 Å². The normalized spacial score (nSPS) is 10.4. The van der Waals surface area contributed by atoms with Crippen LogP contribution in [0.5, 0.6) is 0 Å². The number of hydrogen-bond acceptors (Lipinski definition) is 6. The summed E-state index contributed by atoms with van der Waals surface area (Å²) in [5.41, 5.74) is 5.16. The summed E-state index contributed by atoms with van der Waals surface area (Å²) in [5, 5.41) is 20.9. The number of aromatic nitrogens is 3. The van der Waals surface area contributed by atoms with Crippen LogP contribution in [0, 0.1) is 15.9 Å². The molecule has 0 bridgehead atoms. The van der Waals surface area contributed by atoms with Crippen LogP contribution in [0.15, 0.2) is 24.4 Å². The molecular weight excluding hydrogens is 283 g/mol. The lowest BCUT2D eigenvalue weighted by atomic mass is 10.2. The van der Waals surface area contributed by atoms with Gasteiger partial charge in [-0.25, -0.2) is 9.07 Å². The molecule has 0 atom stereocenters. The monoisotopic (exact) mass is 294 g/mol. The zero-order valence-corrected chi connectivity index (χ0v) is 10.7. The Labute approximate surface area is 117 Å². The molecule has 3 N–H and O–H groups in total. The molecule has 1 aromatic carbocycles. The van der Waals surface area contributed by atoms with Crippen LogP contribution in [0.3, 0.4) is 0 Å². The topological polar surface area (TPSA) is 129 Å². The standard InChI is InChI=1S/C11H11FN6O3/c12-7-1-2-9(10(3-7)18(20)21)17-6-8(15-16-17)5-14-11(19)4-13/h1-3,6H,4-5,13H2,(H,14,19). The summed E-state index contributed by atoms with van der Waals surface area (Å²) >= 11 is 0. The lowest BCUT2D eigenvalue weighted by Gasteiger charge is -2.01. The first-order chi connectivity index (χ1) is 10.0. The quantitative estimate of drug-likeness (QED) is 0.584. The molecule has 0 spiro atoms. The third-order valence-electron chi connectivity index (χ3n) is 2.57. The number of halogens is 1. The molecule has 1 amide bonds. The maximum Gasteiger partial charge on any atom is 0.297 e. The van der Waals surface area contributed by atoms with Crippen molar-refractivity contribution in [3.05, 3.63) is 46.0 Å². The van der Waals surface area contributed by atoms with Crippen LogP contribution in [0.25, 0.3) is 5.69 Å². The molecule has 0 radical (unpaired) electrons. The molecule has 9 nitrogen and oxygen atoms in total. The highest BCUT2D eigenvalue weighted by Gasteiger charge is 2.18. The summed E-state index contributed by atoms with van der Waals surface area (Å²) in [6.07, 6.45) is 1.40. The second-order valence-corrected chi connectivity index (χ2v) is 4.03. The molecule has 0 saturated heterocycles. The Morgan fingerprint density at radius 2 is 2.29 bits per heavy atom. The van der Waals surface area contributed by atoms with E-state index in [-0.39, 0.29) is 24.7 Å². The third-order valence-corrected chi connectivity index (χ3v) is 2.57. The van der Waals surface area contributed by atoms with Crippen LogP contribution < -0.4 is 11.1 Å². The Balaban J connectivity index is 2.25. The van der Waals surface area contributed by atoms with E-state index >= 15 is 0 Å². The van der Waals surface area contributed by atoms with E-state index in [0.717, 1.165) is 16.8 Å². The minimum atomic E-state index is -0.721. The number of nitro groups is 1. The molecule has 0 unspecified atom stereocenters. The van der Waals surface area contributed by atoms with Crippen molar-refractivity contribution < 1.29 is 14.1 Å². The summed E-state index contributed by atoms with van der Waals surface area (Å²) in [7, 11) is 0. The summed E-state index contributed by atoms with van der Waals surface area (Å²) in [5.74, 6) is -1.08. The third kappa shape index (κ3) is 3.36. The van der Waals surface area contributed by atoms with Crippen LogP contribution in [-0.2, 0) is 11.3 Å². The summed E-state index contributed by atoms with van der Waals surface area (Å²) in [4.78, 5) is 21.2. The van der Waals surface area contributed by atoms with E-state index in [0.29, 0.717) is 5.69 Å². The first-order valence-corrected chi connectivity index (χ1v) is 5.83. The number of carbonyl (C=O) groups excluding carboxylic acids is 1. The van der Waals surface area contributed by atoms with Crippen molar-refractivity contribution in [2.45, 2.75) is 6.54 Å². The Bertz CT molecular complexity index is 686. The van der Waals surface area contributed by atoms with Gasteiger partial charge in [-0.3, -0.25) is 14.9 Å². The van der Waals surface area contributed by atoms with Gasteiger partial charge in [-0.15, -0.1) is 5.10 Å². The molecule has 2 rings (SSSR count). The van der Waals surface area contributed by atoms with Gasteiger partial charge in [0, 0.05) is 0 Å². The molecule has 10 heteroatoms. The molecule has 0 saturated carbocycles. The van der Waals surface area contributed by atoms with E-state index in [1.165, 1.54) is 12.3 Å². The molecular formula is C11H11FN6O3. The number of nitrogens with two attached hydrogens (primary N) is 1. The Kier molecular flexibility index (Phi) is 4.18. The first kappa shape index (κ1) is 14.5. The predicted molar refractivity (Wildman–Crippen MR) is 68.9 cm³/mol. The number of nitrogens with zero attached hydrogens (tertiary/aromatic N) is 4. The molecule has 21 heavy (non-hydrogen) atoms. The molecule has 0 aliphatic carbocycles. The molecule has 0 aliphatic heterocycles. The summed E-state index contributed by atoms with van der Waals surface area (Å²) in [6.45, 7) is -0.0669. The van der Waals surface area contributed by atoms with Crippen molar-refractivity contribution in [2.75, 3.05) is 6.54 Å². The van der Waals surface area contributed by atoms with Gasteiger partial charge in [-0.1, -0.05) is 5.21 Å². The zero-order chi connectivity index (χ0) is 15.4. The maximum atomic E-state index is 13.1. The van der Waals surface area contributed by atoms with Crippen molar-refractivity contribution in [3.8, 4) is 5.69 Å². The fraction of sp³-hybridized carbons (Fsp3) is 0.182. The Morgan fingerprint density at radius 3 is 2.95 bits per heavy atom. The van der Waals surface area contributed by atoms with Crippen LogP contribution in [0.1, 0.15) is 5.69 Å². The molecule has 110 valence electrons. The van der Waals surface area contributed by atoms with Gasteiger partial charge in [0.25, 0.3) is 5.69 Å². The largest absolute Gasteiger partial charge is 0.349 e. The Hall–Kier alpha value is -2.88. The van der Waals surface area contributed by atoms with E-state index in [1.807, 2.05) is 0 Å². The van der Waals surface area contributed by atoms with Gasteiger partial charge >= 0.3 is 0 Å². The number of rotatable bonds is 5. The number of carbonyl (C=O) groups is 1. The lowest BCUT2D eigenvalue weighted by Crippen LogP contribution is -2.29. The van der Waals surface area contributed by atoms with Crippen molar-refractivity contribution in [3.63, 3.8) is 0 Å². The number of hydrogen-bond donors (Lipinski definition) is 2. The van der Waals surface area contributed by atoms with Crippen molar-refractivity contribution >= 4 is 11.6 Å². The highest BCUT2D eigenvalue weighted by Crippen LogP contribution is 2.23. The number of benzene rings is 1.